The fourth-order valence-corrected chi connectivity index (χ4v) is 2.08. The van der Waals surface area contributed by atoms with Crippen LogP contribution in [0.25, 0.3) is 6.08 Å². The van der Waals surface area contributed by atoms with Crippen molar-refractivity contribution in [2.24, 2.45) is 0 Å². The van der Waals surface area contributed by atoms with Crippen LogP contribution in [0.15, 0.2) is 46.4 Å². The van der Waals surface area contributed by atoms with Crippen molar-refractivity contribution in [2.45, 2.75) is 0 Å². The lowest BCUT2D eigenvalue weighted by atomic mass is 10.4. The molecule has 2 aromatic rings. The van der Waals surface area contributed by atoms with Crippen LogP contribution in [-0.4, -0.2) is 16.9 Å². The Labute approximate surface area is 129 Å². The monoisotopic (exact) mass is 321 g/mol. The average molecular weight is 321 g/mol. The van der Waals surface area contributed by atoms with Gasteiger partial charge in [0.1, 0.15) is 5.76 Å². The number of hydrazine groups is 1. The van der Waals surface area contributed by atoms with Gasteiger partial charge in [0.05, 0.1) is 11.1 Å². The molecule has 0 spiro atoms. The van der Waals surface area contributed by atoms with E-state index in [1.165, 1.54) is 29.8 Å². The number of hydrogen-bond donors (Lipinski definition) is 3. The molecule has 0 aliphatic heterocycles. The number of rotatable bonds is 3. The van der Waals surface area contributed by atoms with Crippen molar-refractivity contribution in [2.75, 3.05) is 0 Å². The van der Waals surface area contributed by atoms with E-state index in [9.17, 15) is 9.59 Å². The maximum atomic E-state index is 11.6. The largest absolute Gasteiger partial charge is 0.465 e. The van der Waals surface area contributed by atoms with E-state index in [2.05, 4.69) is 16.2 Å². The zero-order valence-corrected chi connectivity index (χ0v) is 12.3. The molecule has 21 heavy (non-hydrogen) atoms. The SMILES string of the molecule is O=C(C=Cc1ccco1)NC(=S)NNC(=O)c1cccs1. The van der Waals surface area contributed by atoms with Gasteiger partial charge in [0.15, 0.2) is 5.11 Å². The first kappa shape index (κ1) is 14.9. The van der Waals surface area contributed by atoms with Crippen LogP contribution >= 0.6 is 23.6 Å². The van der Waals surface area contributed by atoms with Gasteiger partial charge in [0.25, 0.3) is 5.91 Å². The average Bonchev–Trinajstić information content (AvgIpc) is 3.15. The predicted molar refractivity (Wildman–Crippen MR) is 83.4 cm³/mol. The molecule has 8 heteroatoms. The molecule has 3 N–H and O–H groups in total. The third-order valence-electron chi connectivity index (χ3n) is 2.21. The summed E-state index contributed by atoms with van der Waals surface area (Å²) in [5.74, 6) is -0.211. The predicted octanol–water partition coefficient (Wildman–Crippen LogP) is 1.69. The quantitative estimate of drug-likeness (QED) is 0.455. The van der Waals surface area contributed by atoms with Crippen LogP contribution in [0, 0.1) is 0 Å². The molecular weight excluding hydrogens is 310 g/mol. The summed E-state index contributed by atoms with van der Waals surface area (Å²) in [7, 11) is 0. The molecule has 108 valence electrons. The number of furan rings is 1. The van der Waals surface area contributed by atoms with Crippen LogP contribution in [0.2, 0.25) is 0 Å². The molecule has 0 atom stereocenters. The first-order chi connectivity index (χ1) is 10.1. The molecule has 2 rings (SSSR count). The second-order valence-electron chi connectivity index (χ2n) is 3.72. The van der Waals surface area contributed by atoms with Crippen LogP contribution in [0.4, 0.5) is 0 Å². The minimum Gasteiger partial charge on any atom is -0.465 e. The van der Waals surface area contributed by atoms with Crippen LogP contribution in [0.5, 0.6) is 0 Å². The number of carbonyl (C=O) groups excluding carboxylic acids is 2. The molecular formula is C13H11N3O3S2. The number of amides is 2. The molecule has 2 aromatic heterocycles. The number of nitrogens with one attached hydrogen (secondary N) is 3. The Balaban J connectivity index is 1.74. The Kier molecular flexibility index (Phi) is 5.24. The van der Waals surface area contributed by atoms with Crippen molar-refractivity contribution in [1.82, 2.24) is 16.2 Å². The van der Waals surface area contributed by atoms with Gasteiger partial charge in [-0.25, -0.2) is 0 Å². The standard InChI is InChI=1S/C13H11N3O3S2/c17-11(6-5-9-3-1-7-19-9)14-13(20)16-15-12(18)10-4-2-8-21-10/h1-8H,(H,15,18)(H2,14,16,17,20). The van der Waals surface area contributed by atoms with Gasteiger partial charge in [-0.2, -0.15) is 0 Å². The maximum Gasteiger partial charge on any atom is 0.279 e. The summed E-state index contributed by atoms with van der Waals surface area (Å²) >= 11 is 6.18. The van der Waals surface area contributed by atoms with E-state index >= 15 is 0 Å². The van der Waals surface area contributed by atoms with Gasteiger partial charge in [-0.15, -0.1) is 11.3 Å². The van der Waals surface area contributed by atoms with Gasteiger partial charge in [0.2, 0.25) is 5.91 Å². The van der Waals surface area contributed by atoms with Crippen LogP contribution < -0.4 is 16.2 Å². The lowest BCUT2D eigenvalue weighted by Crippen LogP contribution is -2.48. The Morgan fingerprint density at radius 1 is 1.24 bits per heavy atom. The lowest BCUT2D eigenvalue weighted by Gasteiger charge is -2.08. The molecule has 2 heterocycles. The molecule has 0 aromatic carbocycles. The minimum atomic E-state index is -0.436. The minimum absolute atomic E-state index is 0.00555. The van der Waals surface area contributed by atoms with Gasteiger partial charge in [0, 0.05) is 6.08 Å². The van der Waals surface area contributed by atoms with Gasteiger partial charge in [-0.05, 0) is 41.9 Å². The van der Waals surface area contributed by atoms with Crippen molar-refractivity contribution >= 4 is 46.6 Å². The summed E-state index contributed by atoms with van der Waals surface area (Å²) in [6.07, 6.45) is 4.28. The topological polar surface area (TPSA) is 83.4 Å². The third-order valence-corrected chi connectivity index (χ3v) is 3.29. The van der Waals surface area contributed by atoms with E-state index in [0.29, 0.717) is 10.6 Å². The summed E-state index contributed by atoms with van der Waals surface area (Å²) in [5, 5.41) is 4.17. The van der Waals surface area contributed by atoms with Gasteiger partial charge in [-0.1, -0.05) is 6.07 Å². The van der Waals surface area contributed by atoms with Crippen LogP contribution in [-0.2, 0) is 4.79 Å². The first-order valence-electron chi connectivity index (χ1n) is 5.81. The van der Waals surface area contributed by atoms with Gasteiger partial charge in [-0.3, -0.25) is 25.8 Å². The maximum absolute atomic E-state index is 11.6. The van der Waals surface area contributed by atoms with Crippen molar-refractivity contribution in [3.63, 3.8) is 0 Å². The van der Waals surface area contributed by atoms with Crippen molar-refractivity contribution < 1.29 is 14.0 Å². The fourth-order valence-electron chi connectivity index (χ4n) is 1.31. The van der Waals surface area contributed by atoms with E-state index < -0.39 is 5.91 Å². The molecule has 2 amide bonds. The van der Waals surface area contributed by atoms with Gasteiger partial charge < -0.3 is 4.42 Å². The molecule has 0 saturated carbocycles. The van der Waals surface area contributed by atoms with Crippen molar-refractivity contribution in [3.05, 3.63) is 52.6 Å². The van der Waals surface area contributed by atoms with E-state index in [0.717, 1.165) is 0 Å². The highest BCUT2D eigenvalue weighted by atomic mass is 32.1. The van der Waals surface area contributed by atoms with Crippen LogP contribution in [0.3, 0.4) is 0 Å². The highest BCUT2D eigenvalue weighted by molar-refractivity contribution is 7.80. The number of thiocarbonyl (C=S) groups is 1. The number of carbonyl (C=O) groups is 2. The zero-order chi connectivity index (χ0) is 15.1. The second kappa shape index (κ2) is 7.36. The summed E-state index contributed by atoms with van der Waals surface area (Å²) in [6.45, 7) is 0. The third kappa shape index (κ3) is 4.86. The molecule has 0 aliphatic carbocycles. The Bertz CT molecular complexity index is 648. The normalized spacial score (nSPS) is 10.3. The summed E-state index contributed by atoms with van der Waals surface area (Å²) in [4.78, 5) is 23.7. The summed E-state index contributed by atoms with van der Waals surface area (Å²) < 4.78 is 5.04. The zero-order valence-electron chi connectivity index (χ0n) is 10.7. The van der Waals surface area contributed by atoms with Crippen molar-refractivity contribution in [3.8, 4) is 0 Å². The lowest BCUT2D eigenvalue weighted by molar-refractivity contribution is -0.115. The van der Waals surface area contributed by atoms with Gasteiger partial charge >= 0.3 is 0 Å². The number of hydrogen-bond acceptors (Lipinski definition) is 5. The molecule has 0 fully saturated rings. The molecule has 0 aliphatic rings. The first-order valence-corrected chi connectivity index (χ1v) is 7.10. The Morgan fingerprint density at radius 3 is 2.76 bits per heavy atom. The molecule has 0 unspecified atom stereocenters. The highest BCUT2D eigenvalue weighted by Crippen LogP contribution is 2.06. The summed E-state index contributed by atoms with van der Waals surface area (Å²) in [5.41, 5.74) is 4.83. The summed E-state index contributed by atoms with van der Waals surface area (Å²) in [6, 6.07) is 6.86. The fraction of sp³-hybridized carbons (Fsp3) is 0. The molecule has 0 saturated heterocycles. The Morgan fingerprint density at radius 2 is 2.10 bits per heavy atom. The van der Waals surface area contributed by atoms with Crippen molar-refractivity contribution in [1.29, 1.82) is 0 Å². The van der Waals surface area contributed by atoms with E-state index in [1.54, 1.807) is 29.6 Å². The smallest absolute Gasteiger partial charge is 0.279 e. The second-order valence-corrected chi connectivity index (χ2v) is 5.08. The number of thiophene rings is 1. The highest BCUT2D eigenvalue weighted by Gasteiger charge is 2.07. The molecule has 0 bridgehead atoms. The van der Waals surface area contributed by atoms with E-state index in [1.807, 2.05) is 0 Å². The molecule has 0 radical (unpaired) electrons. The Hall–Kier alpha value is -2.45. The van der Waals surface area contributed by atoms with E-state index in [4.69, 9.17) is 16.6 Å². The van der Waals surface area contributed by atoms with E-state index in [-0.39, 0.29) is 11.0 Å². The van der Waals surface area contributed by atoms with Crippen LogP contribution in [0.1, 0.15) is 15.4 Å². The molecule has 6 nitrogen and oxygen atoms in total.